The van der Waals surface area contributed by atoms with Gasteiger partial charge in [0.2, 0.25) is 0 Å². The molecule has 2 aliphatic heterocycles. The van der Waals surface area contributed by atoms with Gasteiger partial charge in [-0.2, -0.15) is 0 Å². The number of unbranched alkanes of at least 4 members (excludes halogenated alkanes) is 18. The summed E-state index contributed by atoms with van der Waals surface area (Å²) in [4.78, 5) is 2.48. The molecule has 3 nitrogen and oxygen atoms in total. The first kappa shape index (κ1) is 40.3. The van der Waals surface area contributed by atoms with Crippen LogP contribution in [0.4, 0.5) is 0 Å². The zero-order valence-electron chi connectivity index (χ0n) is 31.5. The molecule has 1 aliphatic carbocycles. The zero-order valence-corrected chi connectivity index (χ0v) is 31.5. The van der Waals surface area contributed by atoms with Crippen molar-refractivity contribution in [1.82, 2.24) is 4.90 Å². The van der Waals surface area contributed by atoms with E-state index < -0.39 is 0 Å². The fourth-order valence-corrected chi connectivity index (χ4v) is 8.06. The Balaban J connectivity index is 1.22. The summed E-state index contributed by atoms with van der Waals surface area (Å²) in [5.74, 6) is 1.13. The normalized spacial score (nSPS) is 26.0. The highest BCUT2D eigenvalue weighted by Gasteiger charge is 2.63. The summed E-state index contributed by atoms with van der Waals surface area (Å²) < 4.78 is 13.8. The average molecular weight is 652 g/mol. The van der Waals surface area contributed by atoms with Crippen LogP contribution < -0.4 is 0 Å². The van der Waals surface area contributed by atoms with Gasteiger partial charge in [-0.1, -0.05) is 140 Å². The van der Waals surface area contributed by atoms with Crippen LogP contribution in [-0.4, -0.2) is 43.0 Å². The van der Waals surface area contributed by atoms with E-state index in [1.807, 2.05) is 0 Å². The molecule has 3 fully saturated rings. The van der Waals surface area contributed by atoms with Gasteiger partial charge in [0, 0.05) is 37.8 Å². The molecule has 3 aliphatic rings. The van der Waals surface area contributed by atoms with Crippen molar-refractivity contribution in [3.63, 3.8) is 0 Å². The van der Waals surface area contributed by atoms with E-state index in [1.54, 1.807) is 0 Å². The van der Waals surface area contributed by atoms with Crippen LogP contribution in [-0.2, 0) is 9.47 Å². The molecule has 1 saturated carbocycles. The van der Waals surface area contributed by atoms with Gasteiger partial charge in [-0.25, -0.2) is 0 Å². The van der Waals surface area contributed by atoms with E-state index in [-0.39, 0.29) is 5.79 Å². The number of hydrogen-bond acceptors (Lipinski definition) is 3. The quantitative estimate of drug-likeness (QED) is 0.0570. The molecule has 0 aromatic rings. The van der Waals surface area contributed by atoms with Crippen molar-refractivity contribution in [3.05, 3.63) is 48.6 Å². The third-order valence-corrected chi connectivity index (χ3v) is 11.0. The summed E-state index contributed by atoms with van der Waals surface area (Å²) in [6, 6.07) is 0. The maximum absolute atomic E-state index is 6.89. The van der Waals surface area contributed by atoms with E-state index in [9.17, 15) is 0 Å². The van der Waals surface area contributed by atoms with Crippen LogP contribution in [0.3, 0.4) is 0 Å². The predicted molar refractivity (Wildman–Crippen MR) is 205 cm³/mol. The molecule has 2 heterocycles. The number of allylic oxidation sites excluding steroid dienone is 8. The second kappa shape index (κ2) is 25.8. The smallest absolute Gasteiger partial charge is 0.169 e. The van der Waals surface area contributed by atoms with Crippen LogP contribution >= 0.6 is 0 Å². The van der Waals surface area contributed by atoms with Crippen molar-refractivity contribution < 1.29 is 9.47 Å². The highest BCUT2D eigenvalue weighted by atomic mass is 16.8. The Kier molecular flexibility index (Phi) is 22.1. The topological polar surface area (TPSA) is 21.7 Å². The first-order valence-electron chi connectivity index (χ1n) is 20.8. The van der Waals surface area contributed by atoms with E-state index in [0.717, 1.165) is 25.7 Å². The van der Waals surface area contributed by atoms with Crippen molar-refractivity contribution in [2.24, 2.45) is 11.8 Å². The molecule has 0 aromatic carbocycles. The summed E-state index contributed by atoms with van der Waals surface area (Å²) in [6.07, 6.45) is 53.0. The van der Waals surface area contributed by atoms with Crippen molar-refractivity contribution >= 4 is 0 Å². The van der Waals surface area contributed by atoms with E-state index in [0.29, 0.717) is 24.0 Å². The molecule has 3 rings (SSSR count). The molecular formula is C44H77NO2. The Bertz CT molecular complexity index is 804. The number of hydrogen-bond donors (Lipinski definition) is 0. The van der Waals surface area contributed by atoms with Crippen LogP contribution in [0, 0.1) is 11.8 Å². The Hall–Kier alpha value is -1.16. The molecule has 270 valence electrons. The number of ether oxygens (including phenoxy) is 2. The van der Waals surface area contributed by atoms with Gasteiger partial charge in [0.25, 0.3) is 0 Å². The summed E-state index contributed by atoms with van der Waals surface area (Å²) in [5, 5.41) is 0. The van der Waals surface area contributed by atoms with Gasteiger partial charge in [0.15, 0.2) is 5.79 Å². The second-order valence-corrected chi connectivity index (χ2v) is 15.3. The molecule has 3 heteroatoms. The third-order valence-electron chi connectivity index (χ3n) is 11.0. The van der Waals surface area contributed by atoms with Crippen LogP contribution in [0.2, 0.25) is 0 Å². The van der Waals surface area contributed by atoms with Gasteiger partial charge in [-0.3, -0.25) is 0 Å². The minimum Gasteiger partial charge on any atom is -0.344 e. The highest BCUT2D eigenvalue weighted by Crippen LogP contribution is 2.53. The lowest BCUT2D eigenvalue weighted by molar-refractivity contribution is -0.182. The molecule has 0 spiro atoms. The largest absolute Gasteiger partial charge is 0.344 e. The number of rotatable bonds is 30. The molecule has 0 bridgehead atoms. The van der Waals surface area contributed by atoms with Gasteiger partial charge in [0.1, 0.15) is 0 Å². The second-order valence-electron chi connectivity index (χ2n) is 15.3. The standard InChI is InChI=1S/C44H77NO2/c1-4-6-8-10-12-14-16-18-20-22-24-26-28-30-32-34-36-44(46-42-40-38-45(3)39-41(40)43(42)47-44)37-35-33-31-29-27-25-23-21-19-17-15-13-11-9-7-5-2/h12-15,18-21,40-43H,4-11,16-17,22-39H2,1-3H3. The number of likely N-dealkylation sites (tertiary alicyclic amines) is 1. The molecule has 0 N–H and O–H groups in total. The van der Waals surface area contributed by atoms with Gasteiger partial charge in [0.05, 0.1) is 12.2 Å². The predicted octanol–water partition coefficient (Wildman–Crippen LogP) is 13.1. The summed E-state index contributed by atoms with van der Waals surface area (Å²) in [7, 11) is 2.26. The minimum absolute atomic E-state index is 0.289. The average Bonchev–Trinajstić information content (AvgIpc) is 3.59. The number of fused-ring (bicyclic) bond motifs is 4. The van der Waals surface area contributed by atoms with Crippen molar-refractivity contribution in [3.8, 4) is 0 Å². The van der Waals surface area contributed by atoms with Gasteiger partial charge >= 0.3 is 0 Å². The Morgan fingerprint density at radius 3 is 1.19 bits per heavy atom. The Morgan fingerprint density at radius 2 is 0.809 bits per heavy atom. The molecule has 4 unspecified atom stereocenters. The van der Waals surface area contributed by atoms with Crippen molar-refractivity contribution in [2.75, 3.05) is 20.1 Å². The lowest BCUT2D eigenvalue weighted by Crippen LogP contribution is -2.52. The lowest BCUT2D eigenvalue weighted by atomic mass is 9.71. The molecule has 0 aromatic heterocycles. The first-order valence-corrected chi connectivity index (χ1v) is 20.8. The lowest BCUT2D eigenvalue weighted by Gasteiger charge is -2.40. The van der Waals surface area contributed by atoms with E-state index in [1.165, 1.54) is 154 Å². The Morgan fingerprint density at radius 1 is 0.468 bits per heavy atom. The molecular weight excluding hydrogens is 574 g/mol. The van der Waals surface area contributed by atoms with Crippen LogP contribution in [0.25, 0.3) is 0 Å². The molecule has 0 amide bonds. The Labute approximate surface area is 293 Å². The molecule has 2 saturated heterocycles. The monoisotopic (exact) mass is 652 g/mol. The highest BCUT2D eigenvalue weighted by molar-refractivity contribution is 5.09. The summed E-state index contributed by atoms with van der Waals surface area (Å²) >= 11 is 0. The molecule has 47 heavy (non-hydrogen) atoms. The maximum atomic E-state index is 6.89. The van der Waals surface area contributed by atoms with E-state index in [2.05, 4.69) is 74.4 Å². The van der Waals surface area contributed by atoms with Gasteiger partial charge in [-0.05, 0) is 84.1 Å². The third kappa shape index (κ3) is 16.4. The fourth-order valence-electron chi connectivity index (χ4n) is 8.06. The van der Waals surface area contributed by atoms with Crippen LogP contribution in [0.15, 0.2) is 48.6 Å². The molecule has 4 atom stereocenters. The first-order chi connectivity index (χ1) is 23.2. The minimum atomic E-state index is -0.289. The van der Waals surface area contributed by atoms with Crippen LogP contribution in [0.1, 0.15) is 181 Å². The SMILES string of the molecule is CCCCCC=CCC=CCCCCCCCCC1(CCCCCCCCC=CCC=CCCCCC)OC2C3CN(C)CC3C2O1. The maximum Gasteiger partial charge on any atom is 0.169 e. The van der Waals surface area contributed by atoms with Crippen LogP contribution in [0.5, 0.6) is 0 Å². The van der Waals surface area contributed by atoms with Crippen molar-refractivity contribution in [1.29, 1.82) is 0 Å². The van der Waals surface area contributed by atoms with E-state index in [4.69, 9.17) is 9.47 Å². The fraction of sp³-hybridized carbons (Fsp3) is 0.818. The number of nitrogens with zero attached hydrogens (tertiary/aromatic N) is 1. The van der Waals surface area contributed by atoms with Gasteiger partial charge < -0.3 is 14.4 Å². The zero-order chi connectivity index (χ0) is 33.3. The van der Waals surface area contributed by atoms with Gasteiger partial charge in [-0.15, -0.1) is 0 Å². The summed E-state index contributed by atoms with van der Waals surface area (Å²) in [6.45, 7) is 6.94. The summed E-state index contributed by atoms with van der Waals surface area (Å²) in [5.41, 5.74) is 0. The van der Waals surface area contributed by atoms with Crippen molar-refractivity contribution in [2.45, 2.75) is 199 Å². The molecule has 0 radical (unpaired) electrons. The van der Waals surface area contributed by atoms with E-state index >= 15 is 0 Å².